The Morgan fingerprint density at radius 1 is 1.00 bits per heavy atom. The zero-order valence-electron chi connectivity index (χ0n) is 10.1. The van der Waals surface area contributed by atoms with Crippen LogP contribution in [0.3, 0.4) is 0 Å². The van der Waals surface area contributed by atoms with Gasteiger partial charge < -0.3 is 4.74 Å². The molecule has 122 valence electrons. The Balaban J connectivity index is -0.000000810. The molecule has 0 bridgehead atoms. The van der Waals surface area contributed by atoms with Crippen LogP contribution in [0.2, 0.25) is 0 Å². The van der Waals surface area contributed by atoms with Gasteiger partial charge in [0.1, 0.15) is 0 Å². The van der Waals surface area contributed by atoms with E-state index in [4.69, 9.17) is 4.74 Å². The van der Waals surface area contributed by atoms with Crippen molar-refractivity contribution in [1.29, 1.82) is 0 Å². The van der Waals surface area contributed by atoms with Gasteiger partial charge in [0.25, 0.3) is 0 Å². The molecule has 1 aliphatic heterocycles. The average molecular weight is 296 g/mol. The van der Waals surface area contributed by atoms with Crippen LogP contribution in [0.5, 0.6) is 0 Å². The first-order valence-corrected chi connectivity index (χ1v) is 5.95. The third kappa shape index (κ3) is 4.69. The molecule has 0 aromatic heterocycles. The first kappa shape index (κ1) is 24.4. The van der Waals surface area contributed by atoms with E-state index in [9.17, 15) is 9.59 Å². The van der Waals surface area contributed by atoms with E-state index in [1.54, 1.807) is 6.92 Å². The number of benzene rings is 1. The molecule has 0 N–H and O–H groups in total. The minimum atomic E-state index is -0.394. The number of cyclic esters (lactones) is 2. The molecule has 3 unspecified atom stereocenters. The van der Waals surface area contributed by atoms with Crippen molar-refractivity contribution in [2.24, 2.45) is 11.8 Å². The molecule has 0 spiro atoms. The van der Waals surface area contributed by atoms with E-state index in [1.165, 1.54) is 0 Å². The van der Waals surface area contributed by atoms with Gasteiger partial charge in [-0.05, 0) is 17.9 Å². The summed E-state index contributed by atoms with van der Waals surface area (Å²) in [5.41, 5.74) is 1.10. The quantitative estimate of drug-likeness (QED) is 0.578. The maximum atomic E-state index is 11.7. The van der Waals surface area contributed by atoms with Crippen LogP contribution in [-0.4, -0.2) is 11.9 Å². The van der Waals surface area contributed by atoms with Crippen LogP contribution in [0.4, 0.5) is 0 Å². The number of carbonyl (C=O) groups excluding carboxylic acids is 2. The van der Waals surface area contributed by atoms with Gasteiger partial charge in [0.05, 0.1) is 11.8 Å². The predicted octanol–water partition coefficient (Wildman–Crippen LogP) is 5.06. The molecule has 0 amide bonds. The summed E-state index contributed by atoms with van der Waals surface area (Å²) in [4.78, 5) is 23.1. The highest BCUT2D eigenvalue weighted by atomic mass is 16.6. The molecule has 0 saturated carbocycles. The summed E-state index contributed by atoms with van der Waals surface area (Å²) in [6.07, 6.45) is 0.821. The van der Waals surface area contributed by atoms with E-state index in [1.807, 2.05) is 37.3 Å². The number of ether oxygens (including phenoxy) is 1. The fraction of sp³-hybridized carbons (Fsp3) is 0.556. The molecule has 1 aromatic carbocycles. The summed E-state index contributed by atoms with van der Waals surface area (Å²) in [6, 6.07) is 9.83. The van der Waals surface area contributed by atoms with Crippen molar-refractivity contribution in [3.63, 3.8) is 0 Å². The average Bonchev–Trinajstić information content (AvgIpc) is 2.58. The zero-order valence-corrected chi connectivity index (χ0v) is 10.1. The summed E-state index contributed by atoms with van der Waals surface area (Å²) in [6.45, 7) is 3.80. The van der Waals surface area contributed by atoms with Gasteiger partial charge in [-0.2, -0.15) is 0 Å². The molecule has 3 heteroatoms. The molecule has 2 rings (SSSR count). The van der Waals surface area contributed by atoms with Gasteiger partial charge >= 0.3 is 11.9 Å². The second-order valence-corrected chi connectivity index (χ2v) is 4.48. The van der Waals surface area contributed by atoms with E-state index in [2.05, 4.69) is 0 Å². The third-order valence-electron chi connectivity index (χ3n) is 3.48. The van der Waals surface area contributed by atoms with Crippen LogP contribution in [0.15, 0.2) is 30.3 Å². The van der Waals surface area contributed by atoms with Gasteiger partial charge in [0, 0.05) is 0 Å². The van der Waals surface area contributed by atoms with Crippen molar-refractivity contribution in [3.05, 3.63) is 35.9 Å². The van der Waals surface area contributed by atoms with Crippen LogP contribution >= 0.6 is 0 Å². The van der Waals surface area contributed by atoms with Crippen LogP contribution in [-0.2, 0) is 14.3 Å². The minimum Gasteiger partial charge on any atom is -0.393 e. The maximum absolute atomic E-state index is 11.7. The standard InChI is InChI=1S/C14H16O3.4CH4/c1-3-11(10-7-5-4-6-8-10)12-9(2)13(15)17-14(12)16;;;;/h4-9,11-12H,3H2,1-2H3;4*1H4. The monoisotopic (exact) mass is 296 g/mol. The molecule has 0 aliphatic carbocycles. The molecule has 3 nitrogen and oxygen atoms in total. The Bertz CT molecular complexity index is 425. The Kier molecular flexibility index (Phi) is 11.8. The smallest absolute Gasteiger partial charge is 0.318 e. The zero-order chi connectivity index (χ0) is 12.4. The lowest BCUT2D eigenvalue weighted by atomic mass is 9.78. The van der Waals surface area contributed by atoms with Crippen LogP contribution in [0.1, 0.15) is 61.5 Å². The summed E-state index contributed by atoms with van der Waals surface area (Å²) in [5, 5.41) is 0. The van der Waals surface area contributed by atoms with Gasteiger partial charge in [0.15, 0.2) is 0 Å². The van der Waals surface area contributed by atoms with E-state index in [-0.39, 0.29) is 53.4 Å². The molecule has 1 heterocycles. The van der Waals surface area contributed by atoms with E-state index >= 15 is 0 Å². The van der Waals surface area contributed by atoms with Gasteiger partial charge in [-0.25, -0.2) is 0 Å². The van der Waals surface area contributed by atoms with Crippen molar-refractivity contribution in [3.8, 4) is 0 Å². The predicted molar refractivity (Wildman–Crippen MR) is 90.2 cm³/mol. The summed E-state index contributed by atoms with van der Waals surface area (Å²) >= 11 is 0. The first-order chi connectivity index (χ1) is 8.15. The molecular formula is C18H32O3. The number of hydrogen-bond donors (Lipinski definition) is 0. The Morgan fingerprint density at radius 2 is 1.52 bits per heavy atom. The number of esters is 2. The van der Waals surface area contributed by atoms with Crippen molar-refractivity contribution < 1.29 is 14.3 Å². The normalized spacial score (nSPS) is 20.9. The molecule has 1 fully saturated rings. The van der Waals surface area contributed by atoms with Crippen LogP contribution in [0, 0.1) is 11.8 Å². The third-order valence-corrected chi connectivity index (χ3v) is 3.48. The SMILES string of the molecule is C.C.C.C.CCC(c1ccccc1)C1C(=O)OC(=O)C1C. The lowest BCUT2D eigenvalue weighted by molar-refractivity contribution is -0.153. The topological polar surface area (TPSA) is 43.4 Å². The molecule has 1 saturated heterocycles. The van der Waals surface area contributed by atoms with Crippen LogP contribution < -0.4 is 0 Å². The van der Waals surface area contributed by atoms with Crippen molar-refractivity contribution >= 4 is 11.9 Å². The van der Waals surface area contributed by atoms with Gasteiger partial charge in [0.2, 0.25) is 0 Å². The molecule has 1 aliphatic rings. The van der Waals surface area contributed by atoms with Gasteiger partial charge in [-0.3, -0.25) is 9.59 Å². The van der Waals surface area contributed by atoms with E-state index < -0.39 is 5.97 Å². The highest BCUT2D eigenvalue weighted by molar-refractivity contribution is 5.96. The Hall–Kier alpha value is -1.64. The van der Waals surface area contributed by atoms with Crippen molar-refractivity contribution in [2.75, 3.05) is 0 Å². The summed E-state index contributed by atoms with van der Waals surface area (Å²) in [5.74, 6) is -1.39. The highest BCUT2D eigenvalue weighted by Gasteiger charge is 2.45. The molecule has 3 atom stereocenters. The maximum Gasteiger partial charge on any atom is 0.318 e. The molecule has 1 aromatic rings. The van der Waals surface area contributed by atoms with Crippen molar-refractivity contribution in [1.82, 2.24) is 0 Å². The molecular weight excluding hydrogens is 264 g/mol. The highest BCUT2D eigenvalue weighted by Crippen LogP contribution is 2.38. The fourth-order valence-corrected chi connectivity index (χ4v) is 2.52. The first-order valence-electron chi connectivity index (χ1n) is 5.95. The minimum absolute atomic E-state index is 0. The Labute approximate surface area is 130 Å². The number of hydrogen-bond acceptors (Lipinski definition) is 3. The summed E-state index contributed by atoms with van der Waals surface area (Å²) < 4.78 is 4.71. The van der Waals surface area contributed by atoms with Gasteiger partial charge in [-0.1, -0.05) is 73.9 Å². The fourth-order valence-electron chi connectivity index (χ4n) is 2.52. The van der Waals surface area contributed by atoms with Crippen molar-refractivity contribution in [2.45, 2.75) is 55.9 Å². The van der Waals surface area contributed by atoms with Crippen LogP contribution in [0.25, 0.3) is 0 Å². The second kappa shape index (κ2) is 10.1. The van der Waals surface area contributed by atoms with E-state index in [0.29, 0.717) is 0 Å². The number of carbonyl (C=O) groups is 2. The lowest BCUT2D eigenvalue weighted by Gasteiger charge is -2.21. The molecule has 21 heavy (non-hydrogen) atoms. The lowest BCUT2D eigenvalue weighted by Crippen LogP contribution is -2.22. The summed E-state index contributed by atoms with van der Waals surface area (Å²) in [7, 11) is 0. The second-order valence-electron chi connectivity index (χ2n) is 4.48. The molecule has 0 radical (unpaired) electrons. The Morgan fingerprint density at radius 3 is 1.90 bits per heavy atom. The number of rotatable bonds is 3. The van der Waals surface area contributed by atoms with Gasteiger partial charge in [-0.15, -0.1) is 0 Å². The van der Waals surface area contributed by atoms with E-state index in [0.717, 1.165) is 12.0 Å². The largest absolute Gasteiger partial charge is 0.393 e.